The minimum Gasteiger partial charge on any atom is -0.345 e. The van der Waals surface area contributed by atoms with Crippen LogP contribution >= 0.6 is 24.8 Å². The fourth-order valence-corrected chi connectivity index (χ4v) is 3.28. The van der Waals surface area contributed by atoms with Crippen molar-refractivity contribution < 1.29 is 4.79 Å². The Morgan fingerprint density at radius 2 is 1.80 bits per heavy atom. The fraction of sp³-hybridized carbons (Fsp3) is 0.368. The van der Waals surface area contributed by atoms with Crippen LogP contribution in [0.4, 0.5) is 0 Å². The number of amides is 1. The zero-order valence-corrected chi connectivity index (χ0v) is 15.6. The number of nitrogens with zero attached hydrogens (tertiary/aromatic N) is 1. The number of nitrogens with one attached hydrogen (secondary N) is 1. The maximum absolute atomic E-state index is 12.7. The number of hydrogen-bond acceptors (Lipinski definition) is 3. The molecule has 1 aromatic carbocycles. The van der Waals surface area contributed by atoms with Gasteiger partial charge in [0.25, 0.3) is 0 Å². The van der Waals surface area contributed by atoms with Gasteiger partial charge in [-0.3, -0.25) is 9.78 Å². The second-order valence-corrected chi connectivity index (χ2v) is 6.26. The molecule has 1 aliphatic rings. The molecule has 4 nitrogen and oxygen atoms in total. The van der Waals surface area contributed by atoms with Gasteiger partial charge >= 0.3 is 0 Å². The zero-order chi connectivity index (χ0) is 16.1. The fourth-order valence-electron chi connectivity index (χ4n) is 3.28. The van der Waals surface area contributed by atoms with Crippen molar-refractivity contribution in [1.82, 2.24) is 10.3 Å². The highest BCUT2D eigenvalue weighted by Gasteiger charge is 2.27. The third kappa shape index (κ3) is 5.70. The number of hydrogen-bond donors (Lipinski definition) is 2. The van der Waals surface area contributed by atoms with Crippen molar-refractivity contribution in [1.29, 1.82) is 0 Å². The van der Waals surface area contributed by atoms with E-state index in [0.29, 0.717) is 0 Å². The summed E-state index contributed by atoms with van der Waals surface area (Å²) in [5.74, 6) is 0.111. The molecular weight excluding hydrogens is 357 g/mol. The van der Waals surface area contributed by atoms with Gasteiger partial charge in [0.2, 0.25) is 5.91 Å². The highest BCUT2D eigenvalue weighted by atomic mass is 35.5. The van der Waals surface area contributed by atoms with Gasteiger partial charge in [-0.1, -0.05) is 42.8 Å². The Labute approximate surface area is 161 Å². The maximum Gasteiger partial charge on any atom is 0.223 e. The Hall–Kier alpha value is -1.62. The molecule has 1 aromatic heterocycles. The summed E-state index contributed by atoms with van der Waals surface area (Å²) < 4.78 is 0. The molecule has 1 heterocycles. The van der Waals surface area contributed by atoms with Crippen molar-refractivity contribution in [2.45, 2.75) is 37.8 Å². The minimum absolute atomic E-state index is 0. The Balaban J connectivity index is 0.00000156. The molecule has 25 heavy (non-hydrogen) atoms. The van der Waals surface area contributed by atoms with Gasteiger partial charge in [0.1, 0.15) is 0 Å². The van der Waals surface area contributed by atoms with Crippen molar-refractivity contribution >= 4 is 30.7 Å². The topological polar surface area (TPSA) is 68.0 Å². The Kier molecular flexibility index (Phi) is 8.90. The van der Waals surface area contributed by atoms with Crippen LogP contribution in [-0.4, -0.2) is 16.9 Å². The van der Waals surface area contributed by atoms with Gasteiger partial charge in [-0.15, -0.1) is 24.8 Å². The van der Waals surface area contributed by atoms with E-state index in [1.54, 1.807) is 6.20 Å². The van der Waals surface area contributed by atoms with E-state index >= 15 is 0 Å². The van der Waals surface area contributed by atoms with Gasteiger partial charge < -0.3 is 11.1 Å². The number of aromatic nitrogens is 1. The second-order valence-electron chi connectivity index (χ2n) is 6.26. The van der Waals surface area contributed by atoms with Crippen LogP contribution in [0.1, 0.15) is 42.9 Å². The van der Waals surface area contributed by atoms with Crippen LogP contribution < -0.4 is 11.1 Å². The normalized spacial score (nSPS) is 20.5. The minimum atomic E-state index is -0.171. The first-order chi connectivity index (χ1) is 11.2. The number of carbonyl (C=O) groups excluding carboxylic acids is 1. The molecule has 1 saturated carbocycles. The van der Waals surface area contributed by atoms with Crippen molar-refractivity contribution in [2.24, 2.45) is 11.7 Å². The molecule has 0 saturated heterocycles. The van der Waals surface area contributed by atoms with E-state index in [9.17, 15) is 4.79 Å². The first-order valence-electron chi connectivity index (χ1n) is 8.25. The average molecular weight is 382 g/mol. The molecule has 6 heteroatoms. The van der Waals surface area contributed by atoms with E-state index in [0.717, 1.165) is 36.8 Å². The van der Waals surface area contributed by atoms with E-state index in [2.05, 4.69) is 10.3 Å². The summed E-state index contributed by atoms with van der Waals surface area (Å²) in [5, 5.41) is 3.21. The molecule has 1 fully saturated rings. The number of benzene rings is 1. The zero-order valence-electron chi connectivity index (χ0n) is 14.0. The van der Waals surface area contributed by atoms with E-state index in [1.165, 1.54) is 0 Å². The van der Waals surface area contributed by atoms with Gasteiger partial charge in [-0.25, -0.2) is 0 Å². The molecule has 2 aromatic rings. The Morgan fingerprint density at radius 1 is 1.08 bits per heavy atom. The van der Waals surface area contributed by atoms with Gasteiger partial charge in [0.05, 0.1) is 6.04 Å². The van der Waals surface area contributed by atoms with E-state index < -0.39 is 0 Å². The van der Waals surface area contributed by atoms with Crippen LogP contribution in [0.15, 0.2) is 54.9 Å². The third-order valence-corrected chi connectivity index (χ3v) is 4.52. The quantitative estimate of drug-likeness (QED) is 0.848. The summed E-state index contributed by atoms with van der Waals surface area (Å²) in [6.07, 6.45) is 7.31. The van der Waals surface area contributed by atoms with Gasteiger partial charge in [0.15, 0.2) is 0 Å². The lowest BCUT2D eigenvalue weighted by Crippen LogP contribution is -2.39. The number of pyridine rings is 1. The van der Waals surface area contributed by atoms with Crippen LogP contribution in [0.25, 0.3) is 0 Å². The molecule has 0 spiro atoms. The van der Waals surface area contributed by atoms with Crippen molar-refractivity contribution in [3.05, 3.63) is 66.0 Å². The van der Waals surface area contributed by atoms with Crippen LogP contribution in [0.5, 0.6) is 0 Å². The highest BCUT2D eigenvalue weighted by molar-refractivity contribution is 5.85. The summed E-state index contributed by atoms with van der Waals surface area (Å²) >= 11 is 0. The predicted molar refractivity (Wildman–Crippen MR) is 105 cm³/mol. The van der Waals surface area contributed by atoms with Crippen LogP contribution in [0.2, 0.25) is 0 Å². The molecule has 0 bridgehead atoms. The molecular formula is C19H25Cl2N3O. The number of halogens is 2. The van der Waals surface area contributed by atoms with Gasteiger partial charge in [-0.05, 0) is 36.5 Å². The molecule has 3 atom stereocenters. The first-order valence-corrected chi connectivity index (χ1v) is 8.25. The third-order valence-electron chi connectivity index (χ3n) is 4.52. The SMILES string of the molecule is Cl.Cl.NC1CCCC(C(=O)NC(c2ccccc2)c2cccnc2)C1. The first kappa shape index (κ1) is 21.4. The van der Waals surface area contributed by atoms with Crippen LogP contribution in [0.3, 0.4) is 0 Å². The van der Waals surface area contributed by atoms with Gasteiger partial charge in [0, 0.05) is 24.4 Å². The molecule has 1 amide bonds. The molecule has 3 rings (SSSR count). The monoisotopic (exact) mass is 381 g/mol. The number of nitrogens with two attached hydrogens (primary N) is 1. The van der Waals surface area contributed by atoms with Crippen LogP contribution in [0, 0.1) is 5.92 Å². The summed E-state index contributed by atoms with van der Waals surface area (Å²) in [7, 11) is 0. The molecule has 136 valence electrons. The van der Waals surface area contributed by atoms with Crippen molar-refractivity contribution in [3.8, 4) is 0 Å². The molecule has 3 unspecified atom stereocenters. The summed E-state index contributed by atoms with van der Waals surface area (Å²) in [6, 6.07) is 13.9. The van der Waals surface area contributed by atoms with E-state index in [4.69, 9.17) is 5.73 Å². The molecule has 0 aliphatic heterocycles. The Morgan fingerprint density at radius 3 is 2.44 bits per heavy atom. The lowest BCUT2D eigenvalue weighted by atomic mass is 9.85. The summed E-state index contributed by atoms with van der Waals surface area (Å²) in [6.45, 7) is 0. The van der Waals surface area contributed by atoms with E-state index in [-0.39, 0.29) is 48.7 Å². The Bertz CT molecular complexity index is 600. The number of rotatable bonds is 4. The van der Waals surface area contributed by atoms with Crippen LogP contribution in [-0.2, 0) is 4.79 Å². The van der Waals surface area contributed by atoms with Crippen molar-refractivity contribution in [3.63, 3.8) is 0 Å². The predicted octanol–water partition coefficient (Wildman–Crippen LogP) is 3.65. The lowest BCUT2D eigenvalue weighted by Gasteiger charge is -2.28. The average Bonchev–Trinajstić information content (AvgIpc) is 2.61. The standard InChI is InChI=1S/C19H23N3O.2ClH/c20-17-10-4-8-15(12-17)19(23)22-18(14-6-2-1-3-7-14)16-9-5-11-21-13-16;;/h1-3,5-7,9,11,13,15,17-18H,4,8,10,12,20H2,(H,22,23);2*1H. The molecule has 1 aliphatic carbocycles. The van der Waals surface area contributed by atoms with E-state index in [1.807, 2.05) is 48.7 Å². The van der Waals surface area contributed by atoms with Crippen molar-refractivity contribution in [2.75, 3.05) is 0 Å². The molecule has 0 radical (unpaired) electrons. The summed E-state index contributed by atoms with van der Waals surface area (Å²) in [5.41, 5.74) is 8.08. The highest BCUT2D eigenvalue weighted by Crippen LogP contribution is 2.26. The smallest absolute Gasteiger partial charge is 0.223 e. The largest absolute Gasteiger partial charge is 0.345 e. The summed E-state index contributed by atoms with van der Waals surface area (Å²) in [4.78, 5) is 16.9. The van der Waals surface area contributed by atoms with Gasteiger partial charge in [-0.2, -0.15) is 0 Å². The number of carbonyl (C=O) groups is 1. The lowest BCUT2D eigenvalue weighted by molar-refractivity contribution is -0.126. The second kappa shape index (κ2) is 10.4. The molecule has 3 N–H and O–H groups in total. The maximum atomic E-state index is 12.7.